The second-order valence-corrected chi connectivity index (χ2v) is 5.41. The molecule has 0 fully saturated rings. The van der Waals surface area contributed by atoms with Crippen molar-refractivity contribution in [3.63, 3.8) is 0 Å². The Morgan fingerprint density at radius 1 is 1.15 bits per heavy atom. The molecule has 0 amide bonds. The van der Waals surface area contributed by atoms with E-state index in [9.17, 15) is 0 Å². The molecule has 0 aromatic heterocycles. The van der Waals surface area contributed by atoms with Gasteiger partial charge in [0.25, 0.3) is 0 Å². The van der Waals surface area contributed by atoms with Crippen molar-refractivity contribution < 1.29 is 4.74 Å². The van der Waals surface area contributed by atoms with Crippen molar-refractivity contribution in [2.24, 2.45) is 0 Å². The van der Waals surface area contributed by atoms with Crippen LogP contribution in [0.3, 0.4) is 0 Å². The second kappa shape index (κ2) is 5.68. The van der Waals surface area contributed by atoms with E-state index in [0.717, 1.165) is 25.2 Å². The maximum atomic E-state index is 5.84. The Balaban J connectivity index is 1.91. The molecule has 1 heterocycles. The topological polar surface area (TPSA) is 21.3 Å². The van der Waals surface area contributed by atoms with Gasteiger partial charge in [-0.05, 0) is 37.1 Å². The third-order valence-electron chi connectivity index (χ3n) is 4.15. The molecule has 2 heteroatoms. The van der Waals surface area contributed by atoms with E-state index in [1.54, 1.807) is 0 Å². The fourth-order valence-electron chi connectivity index (χ4n) is 2.94. The summed E-state index contributed by atoms with van der Waals surface area (Å²) in [5.74, 6) is 1.10. The number of hydrogen-bond donors (Lipinski definition) is 1. The predicted molar refractivity (Wildman–Crippen MR) is 82.3 cm³/mol. The third-order valence-corrected chi connectivity index (χ3v) is 4.15. The first-order valence-electron chi connectivity index (χ1n) is 7.26. The van der Waals surface area contributed by atoms with Gasteiger partial charge in [0.1, 0.15) is 5.75 Å². The first-order valence-corrected chi connectivity index (χ1v) is 7.26. The van der Waals surface area contributed by atoms with Crippen molar-refractivity contribution in [1.29, 1.82) is 0 Å². The molecule has 0 bridgehead atoms. The van der Waals surface area contributed by atoms with Crippen molar-refractivity contribution in [1.82, 2.24) is 5.32 Å². The van der Waals surface area contributed by atoms with Crippen LogP contribution in [0, 0.1) is 6.92 Å². The van der Waals surface area contributed by atoms with Gasteiger partial charge in [0, 0.05) is 18.0 Å². The quantitative estimate of drug-likeness (QED) is 0.916. The molecule has 0 saturated heterocycles. The summed E-state index contributed by atoms with van der Waals surface area (Å²) < 4.78 is 5.84. The molecule has 0 saturated carbocycles. The molecule has 2 nitrogen and oxygen atoms in total. The van der Waals surface area contributed by atoms with Gasteiger partial charge in [0.15, 0.2) is 0 Å². The summed E-state index contributed by atoms with van der Waals surface area (Å²) >= 11 is 0. The Morgan fingerprint density at radius 2 is 2.00 bits per heavy atom. The van der Waals surface area contributed by atoms with Gasteiger partial charge in [0.2, 0.25) is 0 Å². The van der Waals surface area contributed by atoms with Crippen LogP contribution >= 0.6 is 0 Å². The highest BCUT2D eigenvalue weighted by atomic mass is 16.5. The van der Waals surface area contributed by atoms with E-state index >= 15 is 0 Å². The summed E-state index contributed by atoms with van der Waals surface area (Å²) in [4.78, 5) is 0. The fraction of sp³-hybridized carbons (Fsp3) is 0.333. The van der Waals surface area contributed by atoms with E-state index in [4.69, 9.17) is 4.74 Å². The molecule has 0 radical (unpaired) electrons. The number of hydrogen-bond acceptors (Lipinski definition) is 2. The monoisotopic (exact) mass is 267 g/mol. The van der Waals surface area contributed by atoms with E-state index in [1.807, 2.05) is 7.05 Å². The highest BCUT2D eigenvalue weighted by Gasteiger charge is 2.21. The average Bonchev–Trinajstić information content (AvgIpc) is 2.95. The zero-order valence-electron chi connectivity index (χ0n) is 12.1. The number of benzene rings is 2. The molecule has 1 aliphatic heterocycles. The number of ether oxygens (including phenoxy) is 1. The molecule has 104 valence electrons. The van der Waals surface area contributed by atoms with Crippen LogP contribution in [0.2, 0.25) is 0 Å². The van der Waals surface area contributed by atoms with Crippen molar-refractivity contribution >= 4 is 0 Å². The molecule has 1 unspecified atom stereocenters. The van der Waals surface area contributed by atoms with Gasteiger partial charge < -0.3 is 10.1 Å². The van der Waals surface area contributed by atoms with E-state index in [2.05, 4.69) is 54.7 Å². The number of aryl methyl sites for hydroxylation is 1. The lowest BCUT2D eigenvalue weighted by molar-refractivity contribution is 0.349. The van der Waals surface area contributed by atoms with Crippen LogP contribution in [0.4, 0.5) is 0 Å². The van der Waals surface area contributed by atoms with Crippen molar-refractivity contribution in [2.75, 3.05) is 13.7 Å². The van der Waals surface area contributed by atoms with Gasteiger partial charge in [-0.15, -0.1) is 0 Å². The van der Waals surface area contributed by atoms with Gasteiger partial charge in [-0.2, -0.15) is 0 Å². The van der Waals surface area contributed by atoms with Gasteiger partial charge in [-0.1, -0.05) is 42.5 Å². The standard InChI is InChI=1S/C18H21NO/c1-13-6-3-4-7-15(13)12-17(19-2)16-9-5-8-14-10-11-20-18(14)16/h3-9,17,19H,10-12H2,1-2H3. The van der Waals surface area contributed by atoms with E-state index in [-0.39, 0.29) is 0 Å². The van der Waals surface area contributed by atoms with E-state index in [0.29, 0.717) is 6.04 Å². The second-order valence-electron chi connectivity index (χ2n) is 5.41. The molecule has 2 aromatic carbocycles. The van der Waals surface area contributed by atoms with Crippen molar-refractivity contribution in [3.05, 3.63) is 64.7 Å². The molecule has 2 aromatic rings. The van der Waals surface area contributed by atoms with Crippen LogP contribution in [-0.4, -0.2) is 13.7 Å². The number of para-hydroxylation sites is 1. The summed E-state index contributed by atoms with van der Waals surface area (Å²) in [6.07, 6.45) is 2.02. The molecule has 0 spiro atoms. The number of fused-ring (bicyclic) bond motifs is 1. The lowest BCUT2D eigenvalue weighted by Gasteiger charge is -2.20. The van der Waals surface area contributed by atoms with Crippen LogP contribution in [0.5, 0.6) is 5.75 Å². The summed E-state index contributed by atoms with van der Waals surface area (Å²) in [5.41, 5.74) is 5.36. The number of likely N-dealkylation sites (N-methyl/N-ethyl adjacent to an activating group) is 1. The van der Waals surface area contributed by atoms with Crippen LogP contribution in [0.1, 0.15) is 28.3 Å². The van der Waals surface area contributed by atoms with E-state index < -0.39 is 0 Å². The normalized spacial score (nSPS) is 14.7. The van der Waals surface area contributed by atoms with Crippen LogP contribution in [0.25, 0.3) is 0 Å². The largest absolute Gasteiger partial charge is 0.493 e. The highest BCUT2D eigenvalue weighted by molar-refractivity contribution is 5.46. The smallest absolute Gasteiger partial charge is 0.127 e. The number of rotatable bonds is 4. The average molecular weight is 267 g/mol. The van der Waals surface area contributed by atoms with Gasteiger partial charge in [0.05, 0.1) is 6.61 Å². The van der Waals surface area contributed by atoms with Crippen molar-refractivity contribution in [2.45, 2.75) is 25.8 Å². The zero-order valence-corrected chi connectivity index (χ0v) is 12.1. The van der Waals surface area contributed by atoms with Crippen LogP contribution in [0.15, 0.2) is 42.5 Å². The summed E-state index contributed by atoms with van der Waals surface area (Å²) in [7, 11) is 2.03. The molecule has 0 aliphatic carbocycles. The summed E-state index contributed by atoms with van der Waals surface area (Å²) in [5, 5.41) is 3.44. The minimum atomic E-state index is 0.296. The van der Waals surface area contributed by atoms with Crippen LogP contribution < -0.4 is 10.1 Å². The Labute approximate surface area is 120 Å². The zero-order chi connectivity index (χ0) is 13.9. The Hall–Kier alpha value is -1.80. The molecular weight excluding hydrogens is 246 g/mol. The molecule has 1 N–H and O–H groups in total. The molecular formula is C18H21NO. The Kier molecular flexibility index (Phi) is 3.75. The first-order chi connectivity index (χ1) is 9.79. The highest BCUT2D eigenvalue weighted by Crippen LogP contribution is 2.34. The molecule has 20 heavy (non-hydrogen) atoms. The van der Waals surface area contributed by atoms with Gasteiger partial charge in [-0.3, -0.25) is 0 Å². The minimum Gasteiger partial charge on any atom is -0.493 e. The summed E-state index contributed by atoms with van der Waals surface area (Å²) in [6.45, 7) is 2.99. The first kappa shape index (κ1) is 13.2. The molecule has 1 aliphatic rings. The predicted octanol–water partition coefficient (Wildman–Crippen LogP) is 3.43. The maximum absolute atomic E-state index is 5.84. The Morgan fingerprint density at radius 3 is 2.80 bits per heavy atom. The SMILES string of the molecule is CNC(Cc1ccccc1C)c1cccc2c1OCC2. The number of nitrogens with one attached hydrogen (secondary N) is 1. The lowest BCUT2D eigenvalue weighted by atomic mass is 9.94. The molecule has 1 atom stereocenters. The summed E-state index contributed by atoms with van der Waals surface area (Å²) in [6, 6.07) is 15.4. The third kappa shape index (κ3) is 2.44. The van der Waals surface area contributed by atoms with Gasteiger partial charge >= 0.3 is 0 Å². The molecule has 3 rings (SSSR count). The minimum absolute atomic E-state index is 0.296. The maximum Gasteiger partial charge on any atom is 0.127 e. The van der Waals surface area contributed by atoms with Crippen molar-refractivity contribution in [3.8, 4) is 5.75 Å². The lowest BCUT2D eigenvalue weighted by Crippen LogP contribution is -2.20. The van der Waals surface area contributed by atoms with Crippen LogP contribution in [-0.2, 0) is 12.8 Å². The fourth-order valence-corrected chi connectivity index (χ4v) is 2.94. The van der Waals surface area contributed by atoms with E-state index in [1.165, 1.54) is 22.3 Å². The Bertz CT molecular complexity index is 606. The van der Waals surface area contributed by atoms with Gasteiger partial charge in [-0.25, -0.2) is 0 Å².